The number of carbonyl (C=O) groups excluding carboxylic acids is 1. The number of benzene rings is 3. The lowest BCUT2D eigenvalue weighted by Gasteiger charge is -2.16. The molecule has 0 saturated heterocycles. The second-order valence-electron chi connectivity index (χ2n) is 9.33. The van der Waals surface area contributed by atoms with E-state index in [0.29, 0.717) is 33.8 Å². The van der Waals surface area contributed by atoms with Crippen molar-refractivity contribution >= 4 is 12.0 Å². The van der Waals surface area contributed by atoms with Gasteiger partial charge in [0.05, 0.1) is 12.6 Å². The summed E-state index contributed by atoms with van der Waals surface area (Å²) in [5.41, 5.74) is 3.38. The van der Waals surface area contributed by atoms with Gasteiger partial charge in [-0.25, -0.2) is 4.79 Å². The fraction of sp³-hybridized carbons (Fsp3) is 0.161. The van der Waals surface area contributed by atoms with Gasteiger partial charge in [-0.15, -0.1) is 0 Å². The molecule has 0 amide bonds. The van der Waals surface area contributed by atoms with Crippen molar-refractivity contribution in [1.82, 2.24) is 9.13 Å². The molecule has 1 aliphatic carbocycles. The maximum atomic E-state index is 13.0. The number of carbonyl (C=O) groups is 1. The fourth-order valence-corrected chi connectivity index (χ4v) is 4.50. The molecule has 1 aromatic heterocycles. The minimum atomic E-state index is -0.740. The van der Waals surface area contributed by atoms with Crippen molar-refractivity contribution in [2.75, 3.05) is 6.61 Å². The van der Waals surface area contributed by atoms with Crippen LogP contribution in [-0.4, -0.2) is 21.6 Å². The molecule has 1 heterocycles. The zero-order valence-electron chi connectivity index (χ0n) is 21.5. The lowest BCUT2D eigenvalue weighted by molar-refractivity contribution is 0.0948. The Morgan fingerprint density at radius 2 is 1.72 bits per heavy atom. The first-order chi connectivity index (χ1) is 18.8. The van der Waals surface area contributed by atoms with Crippen molar-refractivity contribution in [3.8, 4) is 23.3 Å². The quantitative estimate of drug-likeness (QED) is 0.352. The summed E-state index contributed by atoms with van der Waals surface area (Å²) in [6, 6.07) is 21.1. The first-order valence-corrected chi connectivity index (χ1v) is 12.4. The Morgan fingerprint density at radius 3 is 2.49 bits per heavy atom. The van der Waals surface area contributed by atoms with Crippen LogP contribution in [0, 0.1) is 25.2 Å². The number of hydrogen-bond acceptors (Lipinski definition) is 6. The summed E-state index contributed by atoms with van der Waals surface area (Å²) in [5.74, 6) is 0.916. The van der Waals surface area contributed by atoms with Crippen molar-refractivity contribution in [1.29, 1.82) is 5.26 Å². The van der Waals surface area contributed by atoms with Crippen LogP contribution in [0.5, 0.6) is 17.2 Å². The predicted octanol–water partition coefficient (Wildman–Crippen LogP) is 4.65. The van der Waals surface area contributed by atoms with Crippen molar-refractivity contribution < 1.29 is 14.3 Å². The summed E-state index contributed by atoms with van der Waals surface area (Å²) in [6.07, 6.45) is 3.77. The zero-order chi connectivity index (χ0) is 27.5. The highest BCUT2D eigenvalue weighted by molar-refractivity contribution is 5.95. The Labute approximate surface area is 224 Å². The molecular weight excluding hydrogens is 494 g/mol. The number of hydrogen-bond donors (Lipinski definition) is 0. The van der Waals surface area contributed by atoms with E-state index in [9.17, 15) is 19.6 Å². The van der Waals surface area contributed by atoms with Crippen molar-refractivity contribution in [2.45, 2.75) is 26.8 Å². The van der Waals surface area contributed by atoms with Gasteiger partial charge in [0, 0.05) is 35.4 Å². The highest BCUT2D eigenvalue weighted by atomic mass is 16.5. The Balaban J connectivity index is 1.37. The minimum absolute atomic E-state index is 0.0852. The third kappa shape index (κ3) is 5.29. The summed E-state index contributed by atoms with van der Waals surface area (Å²) in [6.45, 7) is 4.09. The zero-order valence-corrected chi connectivity index (χ0v) is 21.5. The molecule has 5 rings (SSSR count). The molecule has 0 spiro atoms. The summed E-state index contributed by atoms with van der Waals surface area (Å²) in [7, 11) is 0. The number of aromatic nitrogens is 2. The molecule has 8 heteroatoms. The first-order valence-electron chi connectivity index (χ1n) is 12.4. The van der Waals surface area contributed by atoms with E-state index in [-0.39, 0.29) is 18.7 Å². The second-order valence-corrected chi connectivity index (χ2v) is 9.33. The molecule has 39 heavy (non-hydrogen) atoms. The lowest BCUT2D eigenvalue weighted by atomic mass is 10.1. The molecule has 0 unspecified atom stereocenters. The summed E-state index contributed by atoms with van der Waals surface area (Å²) in [4.78, 5) is 38.2. The summed E-state index contributed by atoms with van der Waals surface area (Å²) >= 11 is 0. The van der Waals surface area contributed by atoms with E-state index in [1.165, 1.54) is 16.8 Å². The third-order valence-electron chi connectivity index (χ3n) is 6.40. The lowest BCUT2D eigenvalue weighted by Crippen LogP contribution is -2.43. The summed E-state index contributed by atoms with van der Waals surface area (Å²) in [5, 5.41) is 9.35. The Bertz CT molecular complexity index is 1780. The Hall–Kier alpha value is -5.16. The molecule has 0 radical (unpaired) electrons. The van der Waals surface area contributed by atoms with Crippen LogP contribution in [-0.2, 0) is 13.0 Å². The molecular formula is C31H25N3O5. The molecule has 8 nitrogen and oxygen atoms in total. The maximum absolute atomic E-state index is 13.0. The van der Waals surface area contributed by atoms with E-state index in [1.807, 2.05) is 44.2 Å². The number of rotatable bonds is 7. The average Bonchev–Trinajstić information content (AvgIpc) is 3.35. The van der Waals surface area contributed by atoms with E-state index in [1.54, 1.807) is 30.3 Å². The van der Waals surface area contributed by atoms with E-state index in [4.69, 9.17) is 9.47 Å². The highest BCUT2D eigenvalue weighted by Gasteiger charge is 2.20. The van der Waals surface area contributed by atoms with E-state index in [2.05, 4.69) is 12.1 Å². The highest BCUT2D eigenvalue weighted by Crippen LogP contribution is 2.39. The number of aryl methyl sites for hydroxylation is 2. The second kappa shape index (κ2) is 10.7. The number of fused-ring (bicyclic) bond motifs is 1. The van der Waals surface area contributed by atoms with Crippen LogP contribution < -0.4 is 20.7 Å². The van der Waals surface area contributed by atoms with Crippen molar-refractivity contribution in [3.05, 3.63) is 127 Å². The SMILES string of the molecule is Cc1ccc(Oc2cc(C)cc3c2C=C(C#N)C3)c(OCCn2ccc(=O)n(C(=O)c3ccccc3)c2=O)c1. The van der Waals surface area contributed by atoms with Gasteiger partial charge in [-0.3, -0.25) is 14.2 Å². The van der Waals surface area contributed by atoms with Gasteiger partial charge < -0.3 is 9.47 Å². The van der Waals surface area contributed by atoms with Crippen LogP contribution in [0.1, 0.15) is 32.6 Å². The van der Waals surface area contributed by atoms with Gasteiger partial charge in [-0.05, 0) is 66.9 Å². The van der Waals surface area contributed by atoms with Crippen LogP contribution in [0.3, 0.4) is 0 Å². The van der Waals surface area contributed by atoms with Gasteiger partial charge in [0.15, 0.2) is 11.5 Å². The Kier molecular flexibility index (Phi) is 6.98. The third-order valence-corrected chi connectivity index (χ3v) is 6.40. The fourth-order valence-electron chi connectivity index (χ4n) is 4.50. The maximum Gasteiger partial charge on any atom is 0.338 e. The first kappa shape index (κ1) is 25.5. The minimum Gasteiger partial charge on any atom is -0.488 e. The Morgan fingerprint density at radius 1 is 0.949 bits per heavy atom. The van der Waals surface area contributed by atoms with Gasteiger partial charge in [0.25, 0.3) is 11.5 Å². The summed E-state index contributed by atoms with van der Waals surface area (Å²) < 4.78 is 14.2. The van der Waals surface area contributed by atoms with Gasteiger partial charge in [0.2, 0.25) is 0 Å². The van der Waals surface area contributed by atoms with Crippen LogP contribution in [0.4, 0.5) is 0 Å². The number of nitrogens with zero attached hydrogens (tertiary/aromatic N) is 3. The van der Waals surface area contributed by atoms with Crippen LogP contribution in [0.25, 0.3) is 6.08 Å². The van der Waals surface area contributed by atoms with Gasteiger partial charge in [-0.1, -0.05) is 30.3 Å². The molecule has 4 aromatic rings. The van der Waals surface area contributed by atoms with Crippen LogP contribution in [0.2, 0.25) is 0 Å². The van der Waals surface area contributed by atoms with E-state index >= 15 is 0 Å². The monoisotopic (exact) mass is 519 g/mol. The standard InChI is InChI=1S/C31H25N3O5/c1-20-8-9-26(39-27-16-21(2)14-24-17-22(19-32)18-25(24)27)28(15-20)38-13-12-33-11-10-29(35)34(31(33)37)30(36)23-6-4-3-5-7-23/h3-11,14-16,18H,12-13,17H2,1-2H3. The van der Waals surface area contributed by atoms with E-state index in [0.717, 1.165) is 22.3 Å². The predicted molar refractivity (Wildman–Crippen MR) is 146 cm³/mol. The van der Waals surface area contributed by atoms with Gasteiger partial charge >= 0.3 is 5.69 Å². The van der Waals surface area contributed by atoms with Crippen molar-refractivity contribution in [3.63, 3.8) is 0 Å². The average molecular weight is 520 g/mol. The van der Waals surface area contributed by atoms with Gasteiger partial charge in [-0.2, -0.15) is 9.83 Å². The molecule has 0 atom stereocenters. The van der Waals surface area contributed by atoms with Crippen LogP contribution in [0.15, 0.2) is 88.1 Å². The molecule has 0 saturated carbocycles. The van der Waals surface area contributed by atoms with Gasteiger partial charge in [0.1, 0.15) is 12.4 Å². The smallest absolute Gasteiger partial charge is 0.338 e. The van der Waals surface area contributed by atoms with Crippen molar-refractivity contribution in [2.24, 2.45) is 0 Å². The molecule has 194 valence electrons. The number of allylic oxidation sites excluding steroid dienone is 1. The molecule has 0 bridgehead atoms. The molecule has 0 N–H and O–H groups in total. The molecule has 0 fully saturated rings. The number of ether oxygens (including phenoxy) is 2. The van der Waals surface area contributed by atoms with Crippen LogP contribution >= 0.6 is 0 Å². The molecule has 0 aliphatic heterocycles. The van der Waals surface area contributed by atoms with E-state index < -0.39 is 17.2 Å². The topological polar surface area (TPSA) is 103 Å². The largest absolute Gasteiger partial charge is 0.488 e. The molecule has 3 aromatic carbocycles. The normalized spacial score (nSPS) is 11.9. The number of nitriles is 1. The molecule has 1 aliphatic rings.